The molecular formula is C22H18ClFN2O2S. The van der Waals surface area contributed by atoms with E-state index in [-0.39, 0.29) is 17.1 Å². The molecule has 29 heavy (non-hydrogen) atoms. The van der Waals surface area contributed by atoms with Gasteiger partial charge < -0.3 is 0 Å². The smallest absolute Gasteiger partial charge is 0.287 e. The maximum absolute atomic E-state index is 14.4. The number of benzene rings is 3. The standard InChI is InChI=1S/C22H18ClFN2O2S/c1-2-15-8-3-4-11-19(15)26-22(27)25(14-16-17(23)9-7-10-18(16)24)20-12-5-6-13-21(20)29(26)28/h3-13H,2,14H2,1H3. The Balaban J connectivity index is 1.86. The number of hydrogen-bond donors (Lipinski definition) is 0. The van der Waals surface area contributed by atoms with Gasteiger partial charge in [-0.05, 0) is 42.3 Å². The Bertz CT molecular complexity index is 1100. The van der Waals surface area contributed by atoms with Gasteiger partial charge in [0, 0.05) is 10.6 Å². The van der Waals surface area contributed by atoms with Crippen LogP contribution in [-0.2, 0) is 24.0 Å². The molecule has 148 valence electrons. The van der Waals surface area contributed by atoms with Gasteiger partial charge in [-0.3, -0.25) is 4.90 Å². The van der Waals surface area contributed by atoms with Crippen molar-refractivity contribution in [1.82, 2.24) is 0 Å². The van der Waals surface area contributed by atoms with Gasteiger partial charge >= 0.3 is 6.03 Å². The summed E-state index contributed by atoms with van der Waals surface area (Å²) < 4.78 is 29.0. The molecule has 2 amide bonds. The molecule has 3 aromatic carbocycles. The van der Waals surface area contributed by atoms with Gasteiger partial charge in [-0.2, -0.15) is 0 Å². The van der Waals surface area contributed by atoms with Crippen LogP contribution < -0.4 is 9.21 Å². The summed E-state index contributed by atoms with van der Waals surface area (Å²) in [6.07, 6.45) is 0.679. The fourth-order valence-corrected chi connectivity index (χ4v) is 4.97. The monoisotopic (exact) mass is 428 g/mol. The Kier molecular flexibility index (Phi) is 5.39. The summed E-state index contributed by atoms with van der Waals surface area (Å²) in [5, 5.41) is 0.238. The van der Waals surface area contributed by atoms with Gasteiger partial charge in [0.15, 0.2) is 11.0 Å². The lowest BCUT2D eigenvalue weighted by Gasteiger charge is -2.36. The summed E-state index contributed by atoms with van der Waals surface area (Å²) in [6.45, 7) is 1.91. The van der Waals surface area contributed by atoms with Crippen LogP contribution in [0.15, 0.2) is 71.6 Å². The van der Waals surface area contributed by atoms with Crippen molar-refractivity contribution in [3.8, 4) is 0 Å². The molecule has 0 saturated heterocycles. The molecule has 0 saturated carbocycles. The topological polar surface area (TPSA) is 40.6 Å². The van der Waals surface area contributed by atoms with Crippen LogP contribution >= 0.6 is 11.6 Å². The van der Waals surface area contributed by atoms with E-state index in [1.165, 1.54) is 21.3 Å². The molecule has 0 fully saturated rings. The van der Waals surface area contributed by atoms with Crippen LogP contribution in [0.5, 0.6) is 0 Å². The first-order valence-electron chi connectivity index (χ1n) is 9.16. The van der Waals surface area contributed by atoms with E-state index in [0.29, 0.717) is 22.7 Å². The van der Waals surface area contributed by atoms with E-state index in [0.717, 1.165) is 5.56 Å². The van der Waals surface area contributed by atoms with Crippen molar-refractivity contribution < 1.29 is 13.4 Å². The molecular weight excluding hydrogens is 411 g/mol. The summed E-state index contributed by atoms with van der Waals surface area (Å²) >= 11 is 6.20. The number of para-hydroxylation sites is 2. The third-order valence-corrected chi connectivity index (χ3v) is 6.64. The van der Waals surface area contributed by atoms with E-state index in [1.807, 2.05) is 19.1 Å². The number of halogens is 2. The van der Waals surface area contributed by atoms with Crippen molar-refractivity contribution in [2.45, 2.75) is 24.8 Å². The fourth-order valence-electron chi connectivity index (χ4n) is 3.40. The molecule has 0 N–H and O–H groups in total. The highest BCUT2D eigenvalue weighted by atomic mass is 35.5. The summed E-state index contributed by atoms with van der Waals surface area (Å²) in [7, 11) is -1.72. The number of nitrogens with zero attached hydrogens (tertiary/aromatic N) is 2. The number of carbonyl (C=O) groups is 1. The Morgan fingerprint density at radius 3 is 2.38 bits per heavy atom. The van der Waals surface area contributed by atoms with Crippen molar-refractivity contribution in [2.24, 2.45) is 0 Å². The molecule has 0 aromatic heterocycles. The van der Waals surface area contributed by atoms with Gasteiger partial charge in [0.05, 0.1) is 22.8 Å². The van der Waals surface area contributed by atoms with Crippen molar-refractivity contribution in [2.75, 3.05) is 9.21 Å². The predicted octanol–water partition coefficient (Wildman–Crippen LogP) is 5.71. The van der Waals surface area contributed by atoms with E-state index in [2.05, 4.69) is 0 Å². The van der Waals surface area contributed by atoms with Crippen LogP contribution in [0.25, 0.3) is 0 Å². The minimum atomic E-state index is -1.72. The Hall–Kier alpha value is -2.70. The molecule has 4 rings (SSSR count). The summed E-state index contributed by atoms with van der Waals surface area (Å²) in [4.78, 5) is 15.4. The van der Waals surface area contributed by atoms with E-state index in [1.54, 1.807) is 42.5 Å². The lowest BCUT2D eigenvalue weighted by Crippen LogP contribution is -2.48. The molecule has 1 unspecified atom stereocenters. The van der Waals surface area contributed by atoms with Gasteiger partial charge in [0.25, 0.3) is 0 Å². The van der Waals surface area contributed by atoms with E-state index >= 15 is 0 Å². The van der Waals surface area contributed by atoms with Gasteiger partial charge in [-0.1, -0.05) is 54.9 Å². The number of aryl methyl sites for hydroxylation is 1. The molecule has 3 aromatic rings. The number of amides is 2. The number of carbonyl (C=O) groups excluding carboxylic acids is 1. The molecule has 1 aliphatic heterocycles. The van der Waals surface area contributed by atoms with Crippen LogP contribution in [0, 0.1) is 5.82 Å². The SMILES string of the molecule is CCc1ccccc1N1C(=O)N(Cc2c(F)cccc2Cl)c2ccccc2S1=O. The average molecular weight is 429 g/mol. The number of fused-ring (bicyclic) bond motifs is 1. The molecule has 7 heteroatoms. The van der Waals surface area contributed by atoms with Crippen LogP contribution in [0.3, 0.4) is 0 Å². The van der Waals surface area contributed by atoms with Crippen molar-refractivity contribution >= 4 is 40.0 Å². The maximum atomic E-state index is 14.4. The first kappa shape index (κ1) is 19.6. The van der Waals surface area contributed by atoms with Crippen molar-refractivity contribution in [3.05, 3.63) is 88.7 Å². The third-order valence-electron chi connectivity index (χ3n) is 4.88. The summed E-state index contributed by atoms with van der Waals surface area (Å²) in [5.41, 5.74) is 2.18. The molecule has 4 nitrogen and oxygen atoms in total. The van der Waals surface area contributed by atoms with Gasteiger partial charge in [0.1, 0.15) is 5.82 Å². The number of hydrogen-bond acceptors (Lipinski definition) is 2. The van der Waals surface area contributed by atoms with Crippen LogP contribution in [0.1, 0.15) is 18.1 Å². The van der Waals surface area contributed by atoms with Gasteiger partial charge in [-0.25, -0.2) is 17.7 Å². The van der Waals surface area contributed by atoms with E-state index in [4.69, 9.17) is 11.6 Å². The second-order valence-electron chi connectivity index (χ2n) is 6.56. The minimum Gasteiger partial charge on any atom is -0.287 e. The Morgan fingerprint density at radius 2 is 1.66 bits per heavy atom. The summed E-state index contributed by atoms with van der Waals surface area (Å²) in [6, 6.07) is 18.2. The molecule has 0 radical (unpaired) electrons. The predicted molar refractivity (Wildman–Crippen MR) is 114 cm³/mol. The lowest BCUT2D eigenvalue weighted by molar-refractivity contribution is 0.253. The zero-order chi connectivity index (χ0) is 20.5. The molecule has 1 aliphatic rings. The Morgan fingerprint density at radius 1 is 0.966 bits per heavy atom. The summed E-state index contributed by atoms with van der Waals surface area (Å²) in [5.74, 6) is -0.491. The average Bonchev–Trinajstić information content (AvgIpc) is 2.73. The highest BCUT2D eigenvalue weighted by Gasteiger charge is 2.38. The molecule has 1 heterocycles. The molecule has 0 spiro atoms. The zero-order valence-corrected chi connectivity index (χ0v) is 17.2. The van der Waals surface area contributed by atoms with Crippen LogP contribution in [0.4, 0.5) is 20.6 Å². The lowest BCUT2D eigenvalue weighted by atomic mass is 10.1. The van der Waals surface area contributed by atoms with Gasteiger partial charge in [-0.15, -0.1) is 0 Å². The van der Waals surface area contributed by atoms with Crippen LogP contribution in [-0.4, -0.2) is 10.2 Å². The largest absolute Gasteiger partial charge is 0.341 e. The zero-order valence-electron chi connectivity index (χ0n) is 15.6. The maximum Gasteiger partial charge on any atom is 0.341 e. The normalized spacial score (nSPS) is 16.1. The highest BCUT2D eigenvalue weighted by molar-refractivity contribution is 7.87. The van der Waals surface area contributed by atoms with Crippen LogP contribution in [0.2, 0.25) is 5.02 Å². The molecule has 0 aliphatic carbocycles. The first-order chi connectivity index (χ1) is 14.0. The minimum absolute atomic E-state index is 0.0661. The van der Waals surface area contributed by atoms with Crippen molar-refractivity contribution in [1.29, 1.82) is 0 Å². The van der Waals surface area contributed by atoms with Gasteiger partial charge in [0.2, 0.25) is 0 Å². The number of anilines is 2. The number of rotatable bonds is 4. The van der Waals surface area contributed by atoms with E-state index < -0.39 is 22.8 Å². The second kappa shape index (κ2) is 7.97. The molecule has 1 atom stereocenters. The van der Waals surface area contributed by atoms with E-state index in [9.17, 15) is 13.4 Å². The number of urea groups is 1. The Labute approximate surface area is 176 Å². The molecule has 0 bridgehead atoms. The quantitative estimate of drug-likeness (QED) is 0.534. The first-order valence-corrected chi connectivity index (χ1v) is 10.6. The second-order valence-corrected chi connectivity index (χ2v) is 8.27. The highest BCUT2D eigenvalue weighted by Crippen LogP contribution is 2.37. The fraction of sp³-hybridized carbons (Fsp3) is 0.136. The third kappa shape index (κ3) is 3.43. The van der Waals surface area contributed by atoms with Crippen molar-refractivity contribution in [3.63, 3.8) is 0 Å².